The molecule has 1 N–H and O–H groups in total. The quantitative estimate of drug-likeness (QED) is 0.925. The summed E-state index contributed by atoms with van der Waals surface area (Å²) in [5.41, 5.74) is 1.87. The lowest BCUT2D eigenvalue weighted by Gasteiger charge is -2.30. The molecule has 2 rings (SSSR count). The van der Waals surface area contributed by atoms with Crippen molar-refractivity contribution >= 4 is 23.2 Å². The number of rotatable bonds is 3. The number of carbonyl (C=O) groups excluding carboxylic acids is 1. The van der Waals surface area contributed by atoms with Crippen molar-refractivity contribution in [1.29, 1.82) is 0 Å². The van der Waals surface area contributed by atoms with Gasteiger partial charge < -0.3 is 15.0 Å². The van der Waals surface area contributed by atoms with E-state index in [9.17, 15) is 4.79 Å². The van der Waals surface area contributed by atoms with Gasteiger partial charge in [0.25, 0.3) is 0 Å². The molecule has 1 aromatic carbocycles. The van der Waals surface area contributed by atoms with E-state index in [0.717, 1.165) is 11.3 Å². The summed E-state index contributed by atoms with van der Waals surface area (Å²) in [7, 11) is 0. The molecule has 0 aliphatic carbocycles. The molecular weight excluding hydrogens is 264 g/mol. The molecule has 0 radical (unpaired) electrons. The Morgan fingerprint density at radius 2 is 2.11 bits per heavy atom. The van der Waals surface area contributed by atoms with Crippen molar-refractivity contribution in [2.24, 2.45) is 0 Å². The topological polar surface area (TPSA) is 41.6 Å². The summed E-state index contributed by atoms with van der Waals surface area (Å²) >= 11 is 6.07. The summed E-state index contributed by atoms with van der Waals surface area (Å²) < 4.78 is 5.25. The number of benzene rings is 1. The Balaban J connectivity index is 2.01. The van der Waals surface area contributed by atoms with Crippen LogP contribution in [0.1, 0.15) is 12.5 Å². The van der Waals surface area contributed by atoms with Gasteiger partial charge in [-0.1, -0.05) is 17.7 Å². The van der Waals surface area contributed by atoms with E-state index in [1.807, 2.05) is 36.9 Å². The van der Waals surface area contributed by atoms with Gasteiger partial charge in [-0.3, -0.25) is 4.79 Å². The molecule has 0 spiro atoms. The van der Waals surface area contributed by atoms with Crippen LogP contribution in [0.2, 0.25) is 5.02 Å². The molecule has 4 nitrogen and oxygen atoms in total. The molecule has 1 unspecified atom stereocenters. The van der Waals surface area contributed by atoms with Gasteiger partial charge in [0.05, 0.1) is 13.2 Å². The van der Waals surface area contributed by atoms with Crippen LogP contribution >= 0.6 is 11.6 Å². The molecule has 1 aliphatic rings. The van der Waals surface area contributed by atoms with Crippen molar-refractivity contribution < 1.29 is 9.53 Å². The predicted octanol–water partition coefficient (Wildman–Crippen LogP) is 2.31. The maximum absolute atomic E-state index is 12.3. The summed E-state index contributed by atoms with van der Waals surface area (Å²) in [6.07, 6.45) is 0. The van der Waals surface area contributed by atoms with Crippen LogP contribution in [-0.2, 0) is 9.53 Å². The summed E-state index contributed by atoms with van der Waals surface area (Å²) in [5.74, 6) is 0.0997. The first-order valence-corrected chi connectivity index (χ1v) is 6.85. The van der Waals surface area contributed by atoms with E-state index in [-0.39, 0.29) is 11.9 Å². The van der Waals surface area contributed by atoms with Gasteiger partial charge in [-0.05, 0) is 31.5 Å². The van der Waals surface area contributed by atoms with E-state index in [4.69, 9.17) is 16.3 Å². The van der Waals surface area contributed by atoms with Crippen LogP contribution in [0.4, 0.5) is 5.69 Å². The number of hydrogen-bond donors (Lipinski definition) is 1. The molecule has 1 heterocycles. The van der Waals surface area contributed by atoms with Crippen molar-refractivity contribution in [3.8, 4) is 0 Å². The van der Waals surface area contributed by atoms with Crippen molar-refractivity contribution in [3.05, 3.63) is 28.8 Å². The third kappa shape index (κ3) is 3.39. The minimum absolute atomic E-state index is 0.0997. The zero-order valence-electron chi connectivity index (χ0n) is 11.3. The number of morpholine rings is 1. The fraction of sp³-hybridized carbons (Fsp3) is 0.500. The average molecular weight is 283 g/mol. The van der Waals surface area contributed by atoms with E-state index in [1.165, 1.54) is 0 Å². The molecule has 1 atom stereocenters. The third-order valence-corrected chi connectivity index (χ3v) is 3.74. The maximum atomic E-state index is 12.3. The summed E-state index contributed by atoms with van der Waals surface area (Å²) in [6, 6.07) is 5.39. The highest BCUT2D eigenvalue weighted by Gasteiger charge is 2.22. The smallest absolute Gasteiger partial charge is 0.244 e. The highest BCUT2D eigenvalue weighted by molar-refractivity contribution is 6.31. The summed E-state index contributed by atoms with van der Waals surface area (Å²) in [6.45, 7) is 6.39. The summed E-state index contributed by atoms with van der Waals surface area (Å²) in [4.78, 5) is 14.1. The van der Waals surface area contributed by atoms with E-state index in [0.29, 0.717) is 31.3 Å². The van der Waals surface area contributed by atoms with Crippen LogP contribution in [0.25, 0.3) is 0 Å². The van der Waals surface area contributed by atoms with Gasteiger partial charge in [-0.2, -0.15) is 0 Å². The fourth-order valence-electron chi connectivity index (χ4n) is 2.12. The minimum atomic E-state index is -0.268. The molecule has 1 saturated heterocycles. The lowest BCUT2D eigenvalue weighted by molar-refractivity contribution is -0.135. The minimum Gasteiger partial charge on any atom is -0.378 e. The maximum Gasteiger partial charge on any atom is 0.244 e. The monoisotopic (exact) mass is 282 g/mol. The zero-order valence-corrected chi connectivity index (χ0v) is 12.0. The molecule has 0 saturated carbocycles. The van der Waals surface area contributed by atoms with Crippen LogP contribution < -0.4 is 5.32 Å². The Hall–Kier alpha value is -1.26. The fourth-order valence-corrected chi connectivity index (χ4v) is 2.29. The predicted molar refractivity (Wildman–Crippen MR) is 76.7 cm³/mol. The Morgan fingerprint density at radius 1 is 1.42 bits per heavy atom. The number of ether oxygens (including phenoxy) is 1. The first kappa shape index (κ1) is 14.2. The van der Waals surface area contributed by atoms with Gasteiger partial charge in [0, 0.05) is 23.8 Å². The van der Waals surface area contributed by atoms with Gasteiger partial charge in [0.2, 0.25) is 5.91 Å². The van der Waals surface area contributed by atoms with Crippen molar-refractivity contribution in [3.63, 3.8) is 0 Å². The first-order valence-electron chi connectivity index (χ1n) is 6.48. The lowest BCUT2D eigenvalue weighted by atomic mass is 10.1. The molecule has 1 fully saturated rings. The van der Waals surface area contributed by atoms with E-state index in [2.05, 4.69) is 5.32 Å². The van der Waals surface area contributed by atoms with Crippen LogP contribution in [0.5, 0.6) is 0 Å². The molecule has 1 aliphatic heterocycles. The Morgan fingerprint density at radius 3 is 2.79 bits per heavy atom. The Labute approximate surface area is 118 Å². The second kappa shape index (κ2) is 6.26. The van der Waals surface area contributed by atoms with E-state index >= 15 is 0 Å². The lowest BCUT2D eigenvalue weighted by Crippen LogP contribution is -2.47. The van der Waals surface area contributed by atoms with Crippen molar-refractivity contribution in [2.45, 2.75) is 19.9 Å². The largest absolute Gasteiger partial charge is 0.378 e. The molecular formula is C14H19ClN2O2. The number of nitrogens with one attached hydrogen (secondary N) is 1. The molecule has 1 aromatic rings. The molecule has 0 bridgehead atoms. The van der Waals surface area contributed by atoms with E-state index < -0.39 is 0 Å². The van der Waals surface area contributed by atoms with Crippen molar-refractivity contribution in [2.75, 3.05) is 31.6 Å². The number of anilines is 1. The van der Waals surface area contributed by atoms with Gasteiger partial charge in [0.15, 0.2) is 0 Å². The Kier molecular flexibility index (Phi) is 4.66. The van der Waals surface area contributed by atoms with E-state index in [1.54, 1.807) is 0 Å². The number of amides is 1. The highest BCUT2D eigenvalue weighted by atomic mass is 35.5. The molecule has 1 amide bonds. The van der Waals surface area contributed by atoms with Crippen LogP contribution in [0.3, 0.4) is 0 Å². The standard InChI is InChI=1S/C14H19ClN2O2/c1-10-12(15)4-3-5-13(10)16-11(2)14(18)17-6-8-19-9-7-17/h3-5,11,16H,6-9H2,1-2H3. The molecule has 19 heavy (non-hydrogen) atoms. The SMILES string of the molecule is Cc1c(Cl)cccc1NC(C)C(=O)N1CCOCC1. The zero-order chi connectivity index (χ0) is 13.8. The van der Waals surface area contributed by atoms with Crippen LogP contribution in [0.15, 0.2) is 18.2 Å². The number of hydrogen-bond acceptors (Lipinski definition) is 3. The first-order chi connectivity index (χ1) is 9.09. The molecule has 0 aromatic heterocycles. The number of nitrogens with zero attached hydrogens (tertiary/aromatic N) is 1. The second-order valence-electron chi connectivity index (χ2n) is 4.72. The van der Waals surface area contributed by atoms with Crippen molar-refractivity contribution in [1.82, 2.24) is 4.90 Å². The normalized spacial score (nSPS) is 17.1. The average Bonchev–Trinajstić information content (AvgIpc) is 2.44. The van der Waals surface area contributed by atoms with Crippen LogP contribution in [-0.4, -0.2) is 43.2 Å². The van der Waals surface area contributed by atoms with Gasteiger partial charge in [-0.25, -0.2) is 0 Å². The Bertz CT molecular complexity index is 459. The number of carbonyl (C=O) groups is 1. The summed E-state index contributed by atoms with van der Waals surface area (Å²) in [5, 5.41) is 3.94. The highest BCUT2D eigenvalue weighted by Crippen LogP contribution is 2.23. The van der Waals surface area contributed by atoms with Gasteiger partial charge in [0.1, 0.15) is 6.04 Å². The van der Waals surface area contributed by atoms with Gasteiger partial charge in [-0.15, -0.1) is 0 Å². The molecule has 104 valence electrons. The van der Waals surface area contributed by atoms with Gasteiger partial charge >= 0.3 is 0 Å². The number of halogens is 1. The second-order valence-corrected chi connectivity index (χ2v) is 5.12. The third-order valence-electron chi connectivity index (χ3n) is 3.33. The van der Waals surface area contributed by atoms with Crippen LogP contribution in [0, 0.1) is 6.92 Å². The molecule has 5 heteroatoms.